The molecular weight excluding hydrogens is 156 g/mol. The smallest absolute Gasteiger partial charge is 0.0218 e. The quantitative estimate of drug-likeness (QED) is 0.594. The van der Waals surface area contributed by atoms with Crippen molar-refractivity contribution in [2.75, 3.05) is 0 Å². The molecule has 0 amide bonds. The van der Waals surface area contributed by atoms with Crippen molar-refractivity contribution in [3.05, 3.63) is 0 Å². The summed E-state index contributed by atoms with van der Waals surface area (Å²) in [6.07, 6.45) is 7.13. The largest absolute Gasteiger partial charge is 0.0654 e. The summed E-state index contributed by atoms with van der Waals surface area (Å²) >= 11 is 0. The van der Waals surface area contributed by atoms with E-state index in [9.17, 15) is 0 Å². The molecule has 1 rings (SSSR count). The highest BCUT2D eigenvalue weighted by molar-refractivity contribution is 5.07. The Morgan fingerprint density at radius 2 is 1.77 bits per heavy atom. The highest BCUT2D eigenvalue weighted by Gasteiger charge is 2.58. The zero-order valence-electron chi connectivity index (χ0n) is 10.1. The van der Waals surface area contributed by atoms with Crippen LogP contribution in [0.4, 0.5) is 0 Å². The van der Waals surface area contributed by atoms with E-state index >= 15 is 0 Å². The molecule has 13 heavy (non-hydrogen) atoms. The fraction of sp³-hybridized carbons (Fsp3) is 1.00. The van der Waals surface area contributed by atoms with Gasteiger partial charge in [0.25, 0.3) is 0 Å². The van der Waals surface area contributed by atoms with E-state index in [2.05, 4.69) is 34.6 Å². The van der Waals surface area contributed by atoms with E-state index in [4.69, 9.17) is 0 Å². The fourth-order valence-corrected chi connectivity index (χ4v) is 3.15. The minimum atomic E-state index is 0.531. The van der Waals surface area contributed by atoms with Gasteiger partial charge in [0, 0.05) is 0 Å². The van der Waals surface area contributed by atoms with Crippen LogP contribution in [0, 0.1) is 16.7 Å². The first-order valence-electron chi connectivity index (χ1n) is 5.98. The Morgan fingerprint density at radius 1 is 1.15 bits per heavy atom. The van der Waals surface area contributed by atoms with Crippen LogP contribution in [0.3, 0.4) is 0 Å². The van der Waals surface area contributed by atoms with Gasteiger partial charge in [-0.05, 0) is 29.6 Å². The zero-order chi connectivity index (χ0) is 10.1. The second-order valence-corrected chi connectivity index (χ2v) is 5.85. The van der Waals surface area contributed by atoms with Gasteiger partial charge in [-0.2, -0.15) is 0 Å². The third-order valence-corrected chi connectivity index (χ3v) is 4.06. The van der Waals surface area contributed by atoms with Gasteiger partial charge in [-0.3, -0.25) is 0 Å². The van der Waals surface area contributed by atoms with Crippen LogP contribution in [-0.4, -0.2) is 0 Å². The van der Waals surface area contributed by atoms with Gasteiger partial charge >= 0.3 is 0 Å². The molecule has 1 aliphatic carbocycles. The molecule has 78 valence electrons. The summed E-state index contributed by atoms with van der Waals surface area (Å²) in [6.45, 7) is 11.9. The molecule has 0 radical (unpaired) electrons. The first-order valence-corrected chi connectivity index (χ1v) is 5.98. The monoisotopic (exact) mass is 182 g/mol. The number of hydrogen-bond acceptors (Lipinski definition) is 0. The van der Waals surface area contributed by atoms with E-state index in [1.165, 1.54) is 32.1 Å². The van der Waals surface area contributed by atoms with Crippen molar-refractivity contribution in [2.45, 2.75) is 66.7 Å². The number of rotatable bonds is 4. The highest BCUT2D eigenvalue weighted by atomic mass is 14.6. The van der Waals surface area contributed by atoms with Gasteiger partial charge in [-0.25, -0.2) is 0 Å². The molecule has 1 aliphatic rings. The Bertz CT molecular complexity index is 163. The summed E-state index contributed by atoms with van der Waals surface area (Å²) in [5, 5.41) is 0. The molecule has 1 fully saturated rings. The van der Waals surface area contributed by atoms with Gasteiger partial charge in [-0.15, -0.1) is 0 Å². The predicted octanol–water partition coefficient (Wildman–Crippen LogP) is 4.64. The van der Waals surface area contributed by atoms with E-state index in [1.807, 2.05) is 0 Å². The Hall–Kier alpha value is 0. The fourth-order valence-electron chi connectivity index (χ4n) is 3.15. The van der Waals surface area contributed by atoms with Crippen molar-refractivity contribution in [1.29, 1.82) is 0 Å². The third kappa shape index (κ3) is 1.92. The molecule has 0 aromatic carbocycles. The molecule has 0 aromatic rings. The lowest BCUT2D eigenvalue weighted by Gasteiger charge is -2.32. The standard InChI is InChI=1S/C13H26/c1-6-8-11-10-13(11,9-7-2)12(3,4)5/h11H,6-10H2,1-5H3. The summed E-state index contributed by atoms with van der Waals surface area (Å²) in [6, 6.07) is 0. The van der Waals surface area contributed by atoms with Crippen LogP contribution >= 0.6 is 0 Å². The summed E-state index contributed by atoms with van der Waals surface area (Å²) in [4.78, 5) is 0. The van der Waals surface area contributed by atoms with Gasteiger partial charge < -0.3 is 0 Å². The first-order chi connectivity index (χ1) is 5.98. The molecule has 1 saturated carbocycles. The van der Waals surface area contributed by atoms with Crippen molar-refractivity contribution < 1.29 is 0 Å². The lowest BCUT2D eigenvalue weighted by molar-refractivity contribution is 0.172. The van der Waals surface area contributed by atoms with Crippen molar-refractivity contribution in [3.63, 3.8) is 0 Å². The van der Waals surface area contributed by atoms with E-state index in [-0.39, 0.29) is 0 Å². The molecule has 0 N–H and O–H groups in total. The summed E-state index contributed by atoms with van der Waals surface area (Å²) in [5.74, 6) is 1.04. The predicted molar refractivity (Wildman–Crippen MR) is 59.8 cm³/mol. The minimum absolute atomic E-state index is 0.531. The Labute approximate surface area is 84.1 Å². The molecule has 0 heteroatoms. The summed E-state index contributed by atoms with van der Waals surface area (Å²) < 4.78 is 0. The average Bonchev–Trinajstić information content (AvgIpc) is 2.64. The zero-order valence-corrected chi connectivity index (χ0v) is 10.1. The molecular formula is C13H26. The van der Waals surface area contributed by atoms with Crippen LogP contribution < -0.4 is 0 Å². The van der Waals surface area contributed by atoms with Gasteiger partial charge in [0.1, 0.15) is 0 Å². The van der Waals surface area contributed by atoms with Crippen molar-refractivity contribution in [3.8, 4) is 0 Å². The molecule has 2 atom stereocenters. The lowest BCUT2D eigenvalue weighted by atomic mass is 9.73. The molecule has 0 saturated heterocycles. The third-order valence-electron chi connectivity index (χ3n) is 4.06. The van der Waals surface area contributed by atoms with E-state index in [0.29, 0.717) is 10.8 Å². The Balaban J connectivity index is 2.60. The SMILES string of the molecule is CCCC1CC1(CCC)C(C)(C)C. The van der Waals surface area contributed by atoms with Gasteiger partial charge in [0.15, 0.2) is 0 Å². The average molecular weight is 182 g/mol. The molecule has 2 unspecified atom stereocenters. The summed E-state index contributed by atoms with van der Waals surface area (Å²) in [7, 11) is 0. The maximum Gasteiger partial charge on any atom is -0.0218 e. The van der Waals surface area contributed by atoms with Crippen LogP contribution in [0.25, 0.3) is 0 Å². The van der Waals surface area contributed by atoms with E-state index < -0.39 is 0 Å². The van der Waals surface area contributed by atoms with Gasteiger partial charge in [0.2, 0.25) is 0 Å². The molecule has 0 bridgehead atoms. The normalized spacial score (nSPS) is 33.5. The minimum Gasteiger partial charge on any atom is -0.0654 e. The number of hydrogen-bond donors (Lipinski definition) is 0. The molecule has 0 spiro atoms. The Morgan fingerprint density at radius 3 is 2.15 bits per heavy atom. The maximum absolute atomic E-state index is 2.43. The first kappa shape index (κ1) is 11.1. The second-order valence-electron chi connectivity index (χ2n) is 5.85. The summed E-state index contributed by atoms with van der Waals surface area (Å²) in [5.41, 5.74) is 1.24. The lowest BCUT2D eigenvalue weighted by Crippen LogP contribution is -2.24. The topological polar surface area (TPSA) is 0 Å². The molecule has 0 heterocycles. The maximum atomic E-state index is 2.43. The van der Waals surface area contributed by atoms with Crippen LogP contribution in [-0.2, 0) is 0 Å². The van der Waals surface area contributed by atoms with Crippen molar-refractivity contribution in [1.82, 2.24) is 0 Å². The molecule has 0 nitrogen and oxygen atoms in total. The Kier molecular flexibility index (Phi) is 3.09. The highest BCUT2D eigenvalue weighted by Crippen LogP contribution is 2.67. The van der Waals surface area contributed by atoms with Crippen LogP contribution in [0.1, 0.15) is 66.7 Å². The van der Waals surface area contributed by atoms with Gasteiger partial charge in [0.05, 0.1) is 0 Å². The van der Waals surface area contributed by atoms with E-state index in [0.717, 1.165) is 5.92 Å². The van der Waals surface area contributed by atoms with Gasteiger partial charge in [-0.1, -0.05) is 53.9 Å². The van der Waals surface area contributed by atoms with E-state index in [1.54, 1.807) is 0 Å². The van der Waals surface area contributed by atoms with Crippen molar-refractivity contribution >= 4 is 0 Å². The molecule has 0 aromatic heterocycles. The van der Waals surface area contributed by atoms with Crippen LogP contribution in [0.5, 0.6) is 0 Å². The second kappa shape index (κ2) is 3.63. The molecule has 0 aliphatic heterocycles. The van der Waals surface area contributed by atoms with Crippen LogP contribution in [0.15, 0.2) is 0 Å². The van der Waals surface area contributed by atoms with Crippen LogP contribution in [0.2, 0.25) is 0 Å². The van der Waals surface area contributed by atoms with Crippen molar-refractivity contribution in [2.24, 2.45) is 16.7 Å².